The first-order valence-corrected chi connectivity index (χ1v) is 7.58. The minimum Gasteiger partial charge on any atom is -0.380 e. The molecule has 2 rings (SSSR count). The topological polar surface area (TPSA) is 59.0 Å². The maximum Gasteiger partial charge on any atom is 0.241 e. The number of rotatable bonds is 5. The van der Waals surface area contributed by atoms with Crippen molar-refractivity contribution in [3.63, 3.8) is 0 Å². The highest BCUT2D eigenvalue weighted by Crippen LogP contribution is 2.31. The lowest BCUT2D eigenvalue weighted by molar-refractivity contribution is -0.121. The van der Waals surface area contributed by atoms with E-state index in [0.29, 0.717) is 6.04 Å². The van der Waals surface area contributed by atoms with Gasteiger partial charge in [-0.05, 0) is 24.7 Å². The molecule has 1 heterocycles. The van der Waals surface area contributed by atoms with Crippen molar-refractivity contribution >= 4 is 11.6 Å². The smallest absolute Gasteiger partial charge is 0.241 e. The second-order valence-corrected chi connectivity index (χ2v) is 6.11. The standard InChI is InChI=1S/C15H26N4O/c1-11(2)12-5-4-6-13(7-12)18-14-8-17-19(9-14)10-15(20)16-3/h8-9,11-13,18H,4-7,10H2,1-3H3,(H,16,20). The van der Waals surface area contributed by atoms with Crippen LogP contribution in [0.3, 0.4) is 0 Å². The lowest BCUT2D eigenvalue weighted by Crippen LogP contribution is -2.29. The Morgan fingerprint density at radius 2 is 2.30 bits per heavy atom. The number of nitrogens with zero attached hydrogens (tertiary/aromatic N) is 2. The minimum absolute atomic E-state index is 0.0304. The van der Waals surface area contributed by atoms with E-state index in [1.807, 2.05) is 12.4 Å². The molecular weight excluding hydrogens is 252 g/mol. The summed E-state index contributed by atoms with van der Waals surface area (Å²) in [6, 6.07) is 0.536. The van der Waals surface area contributed by atoms with Gasteiger partial charge in [-0.2, -0.15) is 5.10 Å². The third kappa shape index (κ3) is 3.99. The zero-order chi connectivity index (χ0) is 14.5. The molecule has 112 valence electrons. The van der Waals surface area contributed by atoms with Gasteiger partial charge in [-0.15, -0.1) is 0 Å². The Kier molecular flexibility index (Phi) is 5.04. The molecule has 0 aromatic carbocycles. The third-order valence-corrected chi connectivity index (χ3v) is 4.25. The van der Waals surface area contributed by atoms with Crippen LogP contribution >= 0.6 is 0 Å². The van der Waals surface area contributed by atoms with Crippen molar-refractivity contribution in [1.29, 1.82) is 0 Å². The van der Waals surface area contributed by atoms with Crippen LogP contribution < -0.4 is 10.6 Å². The number of aromatic nitrogens is 2. The molecule has 5 nitrogen and oxygen atoms in total. The van der Waals surface area contributed by atoms with E-state index in [0.717, 1.165) is 17.5 Å². The molecule has 0 radical (unpaired) electrons. The van der Waals surface area contributed by atoms with Crippen LogP contribution in [-0.4, -0.2) is 28.8 Å². The number of carbonyl (C=O) groups is 1. The molecule has 5 heteroatoms. The number of amides is 1. The molecule has 0 spiro atoms. The molecule has 1 fully saturated rings. The Hall–Kier alpha value is -1.52. The fourth-order valence-corrected chi connectivity index (χ4v) is 2.95. The Morgan fingerprint density at radius 3 is 3.00 bits per heavy atom. The number of hydrogen-bond donors (Lipinski definition) is 2. The second-order valence-electron chi connectivity index (χ2n) is 6.11. The van der Waals surface area contributed by atoms with E-state index in [4.69, 9.17) is 0 Å². The monoisotopic (exact) mass is 278 g/mol. The number of hydrogen-bond acceptors (Lipinski definition) is 3. The van der Waals surface area contributed by atoms with Gasteiger partial charge in [-0.25, -0.2) is 0 Å². The van der Waals surface area contributed by atoms with Gasteiger partial charge in [0, 0.05) is 19.3 Å². The quantitative estimate of drug-likeness (QED) is 0.868. The van der Waals surface area contributed by atoms with E-state index in [1.165, 1.54) is 25.7 Å². The molecule has 1 saturated carbocycles. The maximum atomic E-state index is 11.3. The molecule has 0 saturated heterocycles. The van der Waals surface area contributed by atoms with Crippen molar-refractivity contribution in [2.24, 2.45) is 11.8 Å². The Bertz CT molecular complexity index is 441. The first-order chi connectivity index (χ1) is 9.58. The van der Waals surface area contributed by atoms with Gasteiger partial charge >= 0.3 is 0 Å². The van der Waals surface area contributed by atoms with E-state index in [-0.39, 0.29) is 12.5 Å². The molecule has 1 aromatic rings. The molecule has 1 aliphatic rings. The first-order valence-electron chi connectivity index (χ1n) is 7.58. The SMILES string of the molecule is CNC(=O)Cn1cc(NC2CCCC(C(C)C)C2)cn1. The van der Waals surface area contributed by atoms with Crippen LogP contribution in [0.5, 0.6) is 0 Å². The molecule has 1 aliphatic carbocycles. The van der Waals surface area contributed by atoms with Gasteiger partial charge in [-0.1, -0.05) is 26.7 Å². The summed E-state index contributed by atoms with van der Waals surface area (Å²) in [5.41, 5.74) is 1.02. The van der Waals surface area contributed by atoms with Crippen LogP contribution in [0.4, 0.5) is 5.69 Å². The molecule has 2 atom stereocenters. The maximum absolute atomic E-state index is 11.3. The number of likely N-dealkylation sites (N-methyl/N-ethyl adjacent to an activating group) is 1. The summed E-state index contributed by atoms with van der Waals surface area (Å²) in [5, 5.41) is 10.4. The molecule has 0 bridgehead atoms. The van der Waals surface area contributed by atoms with Crippen LogP contribution in [0, 0.1) is 11.8 Å². The van der Waals surface area contributed by atoms with E-state index in [2.05, 4.69) is 29.6 Å². The van der Waals surface area contributed by atoms with Crippen LogP contribution in [-0.2, 0) is 11.3 Å². The van der Waals surface area contributed by atoms with Crippen LogP contribution in [0.2, 0.25) is 0 Å². The van der Waals surface area contributed by atoms with Gasteiger partial charge in [0.1, 0.15) is 6.54 Å². The van der Waals surface area contributed by atoms with Gasteiger partial charge in [0.2, 0.25) is 5.91 Å². The third-order valence-electron chi connectivity index (χ3n) is 4.25. The average molecular weight is 278 g/mol. The first kappa shape index (κ1) is 14.9. The van der Waals surface area contributed by atoms with Crippen molar-refractivity contribution in [2.45, 2.75) is 52.1 Å². The zero-order valence-electron chi connectivity index (χ0n) is 12.7. The number of nitrogens with one attached hydrogen (secondary N) is 2. The van der Waals surface area contributed by atoms with E-state index in [1.54, 1.807) is 11.7 Å². The van der Waals surface area contributed by atoms with Crippen molar-refractivity contribution in [3.05, 3.63) is 12.4 Å². The minimum atomic E-state index is -0.0304. The summed E-state index contributed by atoms with van der Waals surface area (Å²) >= 11 is 0. The average Bonchev–Trinajstić information content (AvgIpc) is 2.86. The van der Waals surface area contributed by atoms with Gasteiger partial charge in [-0.3, -0.25) is 9.48 Å². The molecule has 0 aliphatic heterocycles. The molecule has 20 heavy (non-hydrogen) atoms. The summed E-state index contributed by atoms with van der Waals surface area (Å²) in [7, 11) is 1.64. The van der Waals surface area contributed by atoms with Crippen molar-refractivity contribution in [1.82, 2.24) is 15.1 Å². The second kappa shape index (κ2) is 6.77. The summed E-state index contributed by atoms with van der Waals surface area (Å²) < 4.78 is 1.67. The summed E-state index contributed by atoms with van der Waals surface area (Å²) in [6.07, 6.45) is 8.83. The predicted octanol–water partition coefficient (Wildman–Crippen LogP) is 2.26. The Morgan fingerprint density at radius 1 is 1.50 bits per heavy atom. The lowest BCUT2D eigenvalue weighted by atomic mass is 9.79. The fraction of sp³-hybridized carbons (Fsp3) is 0.733. The summed E-state index contributed by atoms with van der Waals surface area (Å²) in [4.78, 5) is 11.3. The predicted molar refractivity (Wildman–Crippen MR) is 80.5 cm³/mol. The Balaban J connectivity index is 1.88. The molecular formula is C15H26N4O. The fourth-order valence-electron chi connectivity index (χ4n) is 2.95. The van der Waals surface area contributed by atoms with Crippen LogP contribution in [0.1, 0.15) is 39.5 Å². The lowest BCUT2D eigenvalue weighted by Gasteiger charge is -2.32. The highest BCUT2D eigenvalue weighted by atomic mass is 16.1. The van der Waals surface area contributed by atoms with Gasteiger partial charge in [0.05, 0.1) is 11.9 Å². The van der Waals surface area contributed by atoms with E-state index in [9.17, 15) is 4.79 Å². The number of carbonyl (C=O) groups excluding carboxylic acids is 1. The molecule has 2 N–H and O–H groups in total. The summed E-state index contributed by atoms with van der Waals surface area (Å²) in [5.74, 6) is 1.55. The molecule has 2 unspecified atom stereocenters. The highest BCUT2D eigenvalue weighted by Gasteiger charge is 2.24. The van der Waals surface area contributed by atoms with Crippen LogP contribution in [0.15, 0.2) is 12.4 Å². The van der Waals surface area contributed by atoms with Crippen molar-refractivity contribution in [2.75, 3.05) is 12.4 Å². The Labute approximate surface area is 121 Å². The van der Waals surface area contributed by atoms with Gasteiger partial charge in [0.25, 0.3) is 0 Å². The van der Waals surface area contributed by atoms with E-state index < -0.39 is 0 Å². The van der Waals surface area contributed by atoms with Crippen molar-refractivity contribution < 1.29 is 4.79 Å². The zero-order valence-corrected chi connectivity index (χ0v) is 12.7. The van der Waals surface area contributed by atoms with E-state index >= 15 is 0 Å². The normalized spacial score (nSPS) is 22.8. The molecule has 1 amide bonds. The highest BCUT2D eigenvalue weighted by molar-refractivity contribution is 5.75. The number of anilines is 1. The van der Waals surface area contributed by atoms with Crippen LogP contribution in [0.25, 0.3) is 0 Å². The largest absolute Gasteiger partial charge is 0.380 e. The van der Waals surface area contributed by atoms with Gasteiger partial charge in [0.15, 0.2) is 0 Å². The summed E-state index contributed by atoms with van der Waals surface area (Å²) in [6.45, 7) is 4.90. The van der Waals surface area contributed by atoms with Crippen molar-refractivity contribution in [3.8, 4) is 0 Å². The molecule has 1 aromatic heterocycles. The van der Waals surface area contributed by atoms with Gasteiger partial charge < -0.3 is 10.6 Å².